The average Bonchev–Trinajstić information content (AvgIpc) is 2.96. The van der Waals surface area contributed by atoms with Gasteiger partial charge in [-0.2, -0.15) is 0 Å². The molecule has 0 atom stereocenters. The first-order valence-corrected chi connectivity index (χ1v) is 7.01. The van der Waals surface area contributed by atoms with E-state index in [4.69, 9.17) is 21.1 Å². The van der Waals surface area contributed by atoms with E-state index in [1.807, 2.05) is 26.0 Å². The Balaban J connectivity index is 2.15. The lowest BCUT2D eigenvalue weighted by molar-refractivity contribution is 0.173. The SMILES string of the molecule is CC(C)c1nc(-c2cc(Br)c3c(c2)OCO3)c(N)n1N. The van der Waals surface area contributed by atoms with Crippen molar-refractivity contribution >= 4 is 21.7 Å². The normalized spacial score (nSPS) is 13.2. The maximum atomic E-state index is 6.06. The molecule has 0 amide bonds. The van der Waals surface area contributed by atoms with Gasteiger partial charge in [-0.1, -0.05) is 13.8 Å². The van der Waals surface area contributed by atoms with Gasteiger partial charge >= 0.3 is 0 Å². The first-order chi connectivity index (χ1) is 9.49. The summed E-state index contributed by atoms with van der Waals surface area (Å²) in [5.41, 5.74) is 7.54. The number of hydrogen-bond acceptors (Lipinski definition) is 5. The number of hydrogen-bond donors (Lipinski definition) is 2. The Bertz CT molecular complexity index is 681. The zero-order valence-corrected chi connectivity index (χ0v) is 12.8. The van der Waals surface area contributed by atoms with Crippen molar-refractivity contribution in [1.29, 1.82) is 0 Å². The number of fused-ring (bicyclic) bond motifs is 1. The van der Waals surface area contributed by atoms with Gasteiger partial charge in [0.15, 0.2) is 17.3 Å². The third-order valence-electron chi connectivity index (χ3n) is 3.19. The maximum absolute atomic E-state index is 6.06. The van der Waals surface area contributed by atoms with Crippen molar-refractivity contribution in [1.82, 2.24) is 9.66 Å². The number of anilines is 1. The largest absolute Gasteiger partial charge is 0.454 e. The van der Waals surface area contributed by atoms with Gasteiger partial charge in [0.1, 0.15) is 11.5 Å². The lowest BCUT2D eigenvalue weighted by Crippen LogP contribution is -2.16. The first-order valence-electron chi connectivity index (χ1n) is 6.21. The molecule has 20 heavy (non-hydrogen) atoms. The van der Waals surface area contributed by atoms with Gasteiger partial charge in [0, 0.05) is 11.5 Å². The Labute approximate surface area is 124 Å². The molecule has 6 nitrogen and oxygen atoms in total. The van der Waals surface area contributed by atoms with Gasteiger partial charge in [-0.25, -0.2) is 9.66 Å². The second-order valence-corrected chi connectivity index (χ2v) is 5.77. The molecule has 0 bridgehead atoms. The Morgan fingerprint density at radius 3 is 2.75 bits per heavy atom. The number of benzene rings is 1. The quantitative estimate of drug-likeness (QED) is 0.821. The molecule has 0 aliphatic carbocycles. The molecule has 0 fully saturated rings. The molecule has 0 radical (unpaired) electrons. The van der Waals surface area contributed by atoms with Crippen LogP contribution < -0.4 is 21.1 Å². The van der Waals surface area contributed by atoms with Crippen LogP contribution in [0.2, 0.25) is 0 Å². The van der Waals surface area contributed by atoms with E-state index >= 15 is 0 Å². The highest BCUT2D eigenvalue weighted by molar-refractivity contribution is 9.10. The minimum absolute atomic E-state index is 0.188. The molecule has 2 aromatic rings. The smallest absolute Gasteiger partial charge is 0.231 e. The summed E-state index contributed by atoms with van der Waals surface area (Å²) in [4.78, 5) is 4.54. The number of nitrogen functional groups attached to an aromatic ring is 2. The standard InChI is InChI=1S/C13H15BrN4O2/c1-6(2)13-17-10(12(15)18(13)16)7-3-8(14)11-9(4-7)19-5-20-11/h3-4,6H,5,15-16H2,1-2H3. The summed E-state index contributed by atoms with van der Waals surface area (Å²) in [6.07, 6.45) is 0. The molecule has 1 aliphatic heterocycles. The highest BCUT2D eigenvalue weighted by Crippen LogP contribution is 2.43. The van der Waals surface area contributed by atoms with E-state index in [1.54, 1.807) is 0 Å². The number of nitrogens with two attached hydrogens (primary N) is 2. The van der Waals surface area contributed by atoms with E-state index in [0.717, 1.165) is 15.9 Å². The van der Waals surface area contributed by atoms with Gasteiger partial charge in [-0.05, 0) is 28.1 Å². The van der Waals surface area contributed by atoms with Gasteiger partial charge in [0.05, 0.1) is 4.47 Å². The fourth-order valence-electron chi connectivity index (χ4n) is 2.19. The van der Waals surface area contributed by atoms with Gasteiger partial charge in [-0.15, -0.1) is 0 Å². The van der Waals surface area contributed by atoms with Crippen LogP contribution in [0.15, 0.2) is 16.6 Å². The van der Waals surface area contributed by atoms with Gasteiger partial charge in [0.25, 0.3) is 0 Å². The predicted molar refractivity (Wildman–Crippen MR) is 80.1 cm³/mol. The van der Waals surface area contributed by atoms with Gasteiger partial charge in [0.2, 0.25) is 6.79 Å². The highest BCUT2D eigenvalue weighted by atomic mass is 79.9. The summed E-state index contributed by atoms with van der Waals surface area (Å²) in [6, 6.07) is 3.76. The van der Waals surface area contributed by atoms with Gasteiger partial charge < -0.3 is 21.1 Å². The zero-order valence-electron chi connectivity index (χ0n) is 11.2. The van der Waals surface area contributed by atoms with Crippen LogP contribution in [0.5, 0.6) is 11.5 Å². The second-order valence-electron chi connectivity index (χ2n) is 4.92. The molecule has 2 heterocycles. The Morgan fingerprint density at radius 2 is 2.10 bits per heavy atom. The summed E-state index contributed by atoms with van der Waals surface area (Å²) in [7, 11) is 0. The van der Waals surface area contributed by atoms with E-state index < -0.39 is 0 Å². The number of imidazole rings is 1. The number of ether oxygens (including phenoxy) is 2. The molecule has 1 aromatic carbocycles. The fraction of sp³-hybridized carbons (Fsp3) is 0.308. The van der Waals surface area contributed by atoms with Crippen molar-refractivity contribution in [3.63, 3.8) is 0 Å². The van der Waals surface area contributed by atoms with E-state index in [-0.39, 0.29) is 12.7 Å². The molecule has 1 aromatic heterocycles. The summed E-state index contributed by atoms with van der Waals surface area (Å²) < 4.78 is 13.0. The third kappa shape index (κ3) is 1.89. The van der Waals surface area contributed by atoms with Crippen molar-refractivity contribution in [3.8, 4) is 22.8 Å². The van der Waals surface area contributed by atoms with Crippen LogP contribution in [-0.2, 0) is 0 Å². The van der Waals surface area contributed by atoms with Crippen LogP contribution >= 0.6 is 15.9 Å². The van der Waals surface area contributed by atoms with Crippen LogP contribution in [0.3, 0.4) is 0 Å². The van der Waals surface area contributed by atoms with E-state index in [9.17, 15) is 0 Å². The van der Waals surface area contributed by atoms with E-state index in [1.165, 1.54) is 4.68 Å². The highest BCUT2D eigenvalue weighted by Gasteiger charge is 2.22. The minimum Gasteiger partial charge on any atom is -0.454 e. The lowest BCUT2D eigenvalue weighted by Gasteiger charge is -2.05. The topological polar surface area (TPSA) is 88.3 Å². The molecule has 0 saturated heterocycles. The molecule has 106 valence electrons. The monoisotopic (exact) mass is 338 g/mol. The minimum atomic E-state index is 0.188. The lowest BCUT2D eigenvalue weighted by atomic mass is 10.1. The molecule has 0 unspecified atom stereocenters. The van der Waals surface area contributed by atoms with Crippen molar-refractivity contribution in [2.45, 2.75) is 19.8 Å². The van der Waals surface area contributed by atoms with Crippen LogP contribution in [0, 0.1) is 0 Å². The second kappa shape index (κ2) is 4.59. The van der Waals surface area contributed by atoms with Crippen LogP contribution in [-0.4, -0.2) is 16.5 Å². The molecule has 0 saturated carbocycles. The van der Waals surface area contributed by atoms with Crippen molar-refractivity contribution in [3.05, 3.63) is 22.4 Å². The molecule has 3 rings (SSSR count). The molecule has 1 aliphatic rings. The van der Waals surface area contributed by atoms with E-state index in [0.29, 0.717) is 23.0 Å². The number of aromatic nitrogens is 2. The Morgan fingerprint density at radius 1 is 1.35 bits per heavy atom. The molecule has 0 spiro atoms. The average molecular weight is 339 g/mol. The van der Waals surface area contributed by atoms with Crippen molar-refractivity contribution in [2.75, 3.05) is 18.4 Å². The number of halogens is 1. The summed E-state index contributed by atoms with van der Waals surface area (Å²) in [6.45, 7) is 4.25. The first kappa shape index (κ1) is 13.1. The predicted octanol–water partition coefficient (Wildman–Crippen LogP) is 2.46. The van der Waals surface area contributed by atoms with Crippen molar-refractivity contribution in [2.24, 2.45) is 0 Å². The van der Waals surface area contributed by atoms with Crippen LogP contribution in [0.4, 0.5) is 5.82 Å². The summed E-state index contributed by atoms with van der Waals surface area (Å²) in [5.74, 6) is 8.68. The molecule has 4 N–H and O–H groups in total. The number of rotatable bonds is 2. The fourth-order valence-corrected chi connectivity index (χ4v) is 2.74. The van der Waals surface area contributed by atoms with Crippen LogP contribution in [0.25, 0.3) is 11.3 Å². The van der Waals surface area contributed by atoms with Crippen molar-refractivity contribution < 1.29 is 9.47 Å². The summed E-state index contributed by atoms with van der Waals surface area (Å²) in [5, 5.41) is 0. The van der Waals surface area contributed by atoms with Crippen LogP contribution in [0.1, 0.15) is 25.6 Å². The third-order valence-corrected chi connectivity index (χ3v) is 3.78. The molecular weight excluding hydrogens is 324 g/mol. The zero-order chi connectivity index (χ0) is 14.4. The van der Waals surface area contributed by atoms with E-state index in [2.05, 4.69) is 20.9 Å². The maximum Gasteiger partial charge on any atom is 0.231 e. The molecular formula is C13H15BrN4O2. The van der Waals surface area contributed by atoms with Gasteiger partial charge in [-0.3, -0.25) is 0 Å². The summed E-state index contributed by atoms with van der Waals surface area (Å²) >= 11 is 3.46. The molecule has 7 heteroatoms. The Kier molecular flexibility index (Phi) is 3.01. The number of nitrogens with zero attached hydrogens (tertiary/aromatic N) is 2. The Hall–Kier alpha value is -1.89.